The van der Waals surface area contributed by atoms with Crippen LogP contribution in [0.2, 0.25) is 0 Å². The largest absolute Gasteiger partial charge is 0.492 e. The molecule has 1 atom stereocenters. The van der Waals surface area contributed by atoms with Gasteiger partial charge in [-0.15, -0.1) is 0 Å². The Balaban J connectivity index is 1.42. The molecule has 0 saturated carbocycles. The molecule has 1 aliphatic heterocycles. The van der Waals surface area contributed by atoms with Crippen LogP contribution in [-0.2, 0) is 0 Å². The molecule has 3 aromatic rings. The molecule has 0 aliphatic carbocycles. The Bertz CT molecular complexity index is 998. The second kappa shape index (κ2) is 8.83. The lowest BCUT2D eigenvalue weighted by Gasteiger charge is -2.38. The third kappa shape index (κ3) is 4.16. The van der Waals surface area contributed by atoms with Gasteiger partial charge in [-0.3, -0.25) is 4.90 Å². The van der Waals surface area contributed by atoms with Crippen molar-refractivity contribution in [2.45, 2.75) is 26.8 Å². The number of para-hydroxylation sites is 2. The van der Waals surface area contributed by atoms with Gasteiger partial charge in [0.15, 0.2) is 0 Å². The molecule has 6 nitrogen and oxygen atoms in total. The van der Waals surface area contributed by atoms with Gasteiger partial charge in [-0.2, -0.15) is 4.98 Å². The summed E-state index contributed by atoms with van der Waals surface area (Å²) in [5.74, 6) is 1.76. The molecular weight excluding hydrogens is 383 g/mol. The van der Waals surface area contributed by atoms with Gasteiger partial charge in [-0.25, -0.2) is 4.39 Å². The Labute approximate surface area is 176 Å². The normalized spacial score (nSPS) is 15.9. The lowest BCUT2D eigenvalue weighted by Crippen LogP contribution is -2.47. The van der Waals surface area contributed by atoms with E-state index < -0.39 is 0 Å². The van der Waals surface area contributed by atoms with Crippen LogP contribution in [0.15, 0.2) is 47.0 Å². The molecule has 158 valence electrons. The topological polar surface area (TPSA) is 54.6 Å². The van der Waals surface area contributed by atoms with Crippen LogP contribution >= 0.6 is 0 Å². The van der Waals surface area contributed by atoms with E-state index in [-0.39, 0.29) is 11.9 Å². The summed E-state index contributed by atoms with van der Waals surface area (Å²) >= 11 is 0. The van der Waals surface area contributed by atoms with E-state index in [9.17, 15) is 4.39 Å². The average molecular weight is 410 g/mol. The molecule has 1 aromatic heterocycles. The van der Waals surface area contributed by atoms with Crippen molar-refractivity contribution < 1.29 is 13.7 Å². The second-order valence-electron chi connectivity index (χ2n) is 7.52. The Morgan fingerprint density at radius 1 is 1.13 bits per heavy atom. The molecule has 1 fully saturated rings. The first-order valence-corrected chi connectivity index (χ1v) is 10.4. The molecule has 7 heteroatoms. The summed E-state index contributed by atoms with van der Waals surface area (Å²) < 4.78 is 24.8. The van der Waals surface area contributed by atoms with Crippen LogP contribution in [0, 0.1) is 12.7 Å². The zero-order valence-corrected chi connectivity index (χ0v) is 17.6. The lowest BCUT2D eigenvalue weighted by molar-refractivity contribution is 0.164. The molecule has 0 N–H and O–H groups in total. The minimum Gasteiger partial charge on any atom is -0.492 e. The van der Waals surface area contributed by atoms with Crippen molar-refractivity contribution in [3.05, 3.63) is 59.7 Å². The molecule has 1 aliphatic rings. The maximum Gasteiger partial charge on any atom is 0.244 e. The van der Waals surface area contributed by atoms with Crippen LogP contribution < -0.4 is 9.64 Å². The highest BCUT2D eigenvalue weighted by molar-refractivity contribution is 5.59. The van der Waals surface area contributed by atoms with Gasteiger partial charge in [0.2, 0.25) is 11.7 Å². The van der Waals surface area contributed by atoms with Crippen molar-refractivity contribution in [2.75, 3.05) is 37.7 Å². The van der Waals surface area contributed by atoms with Gasteiger partial charge < -0.3 is 14.2 Å². The smallest absolute Gasteiger partial charge is 0.244 e. The zero-order valence-electron chi connectivity index (χ0n) is 17.6. The van der Waals surface area contributed by atoms with Crippen molar-refractivity contribution in [2.24, 2.45) is 0 Å². The number of rotatable bonds is 6. The molecule has 4 rings (SSSR count). The van der Waals surface area contributed by atoms with Crippen LogP contribution in [-0.4, -0.2) is 47.8 Å². The van der Waals surface area contributed by atoms with Crippen LogP contribution in [0.4, 0.5) is 10.1 Å². The number of hydrogen-bond acceptors (Lipinski definition) is 6. The molecule has 2 aromatic carbocycles. The summed E-state index contributed by atoms with van der Waals surface area (Å²) in [5, 5.41) is 4.11. The number of nitrogens with zero attached hydrogens (tertiary/aromatic N) is 4. The Hall–Kier alpha value is -2.93. The highest BCUT2D eigenvalue weighted by atomic mass is 19.1. The number of ether oxygens (including phenoxy) is 1. The first-order chi connectivity index (χ1) is 14.6. The van der Waals surface area contributed by atoms with E-state index in [0.29, 0.717) is 23.9 Å². The lowest BCUT2D eigenvalue weighted by atomic mass is 10.1. The quantitative estimate of drug-likeness (QED) is 0.598. The van der Waals surface area contributed by atoms with E-state index in [1.807, 2.05) is 25.1 Å². The molecule has 1 unspecified atom stereocenters. The molecule has 2 heterocycles. The minimum absolute atomic E-state index is 0.0112. The number of piperazine rings is 1. The Morgan fingerprint density at radius 3 is 2.63 bits per heavy atom. The van der Waals surface area contributed by atoms with Gasteiger partial charge in [-0.05, 0) is 56.7 Å². The molecular formula is C23H27FN4O2. The number of aromatic nitrogens is 2. The predicted molar refractivity (Wildman–Crippen MR) is 114 cm³/mol. The standard InChI is InChI=1S/C23H27FN4O2/c1-4-29-21-8-6-5-7-20(21)28-13-11-27(12-14-28)17(3)23-25-22(26-30-23)18-9-10-19(24)16(2)15-18/h5-10,15,17H,4,11-14H2,1-3H3. The first kappa shape index (κ1) is 20.3. The summed E-state index contributed by atoms with van der Waals surface area (Å²) in [6.07, 6.45) is 0. The third-order valence-corrected chi connectivity index (χ3v) is 5.58. The van der Waals surface area contributed by atoms with E-state index in [0.717, 1.165) is 43.2 Å². The second-order valence-corrected chi connectivity index (χ2v) is 7.52. The van der Waals surface area contributed by atoms with Crippen LogP contribution in [0.25, 0.3) is 11.4 Å². The van der Waals surface area contributed by atoms with Gasteiger partial charge in [0.05, 0.1) is 18.3 Å². The minimum atomic E-state index is -0.236. The summed E-state index contributed by atoms with van der Waals surface area (Å²) in [4.78, 5) is 9.26. The fourth-order valence-corrected chi connectivity index (χ4v) is 3.81. The highest BCUT2D eigenvalue weighted by Crippen LogP contribution is 2.30. The van der Waals surface area contributed by atoms with Gasteiger partial charge in [0, 0.05) is 31.7 Å². The van der Waals surface area contributed by atoms with Crippen molar-refractivity contribution in [3.8, 4) is 17.1 Å². The average Bonchev–Trinajstić information content (AvgIpc) is 3.26. The fourth-order valence-electron chi connectivity index (χ4n) is 3.81. The van der Waals surface area contributed by atoms with Gasteiger partial charge in [0.25, 0.3) is 0 Å². The number of hydrogen-bond donors (Lipinski definition) is 0. The molecule has 1 saturated heterocycles. The van der Waals surface area contributed by atoms with Crippen molar-refractivity contribution in [3.63, 3.8) is 0 Å². The van der Waals surface area contributed by atoms with Crippen LogP contribution in [0.3, 0.4) is 0 Å². The SMILES string of the molecule is CCOc1ccccc1N1CCN(C(C)c2nc(-c3ccc(F)c(C)c3)no2)CC1. The number of anilines is 1. The molecule has 0 spiro atoms. The summed E-state index contributed by atoms with van der Waals surface area (Å²) in [7, 11) is 0. The van der Waals surface area contributed by atoms with E-state index in [1.54, 1.807) is 19.1 Å². The van der Waals surface area contributed by atoms with Crippen molar-refractivity contribution in [1.82, 2.24) is 15.0 Å². The monoisotopic (exact) mass is 410 g/mol. The molecule has 0 radical (unpaired) electrons. The number of halogens is 1. The van der Waals surface area contributed by atoms with Crippen molar-refractivity contribution >= 4 is 5.69 Å². The van der Waals surface area contributed by atoms with Gasteiger partial charge in [0.1, 0.15) is 11.6 Å². The van der Waals surface area contributed by atoms with E-state index in [4.69, 9.17) is 9.26 Å². The predicted octanol–water partition coefficient (Wildman–Crippen LogP) is 4.47. The number of benzene rings is 2. The Kier molecular flexibility index (Phi) is 5.99. The third-order valence-electron chi connectivity index (χ3n) is 5.58. The summed E-state index contributed by atoms with van der Waals surface area (Å²) in [6, 6.07) is 13.0. The van der Waals surface area contributed by atoms with Crippen LogP contribution in [0.5, 0.6) is 5.75 Å². The molecule has 30 heavy (non-hydrogen) atoms. The fraction of sp³-hybridized carbons (Fsp3) is 0.391. The maximum atomic E-state index is 13.5. The molecule has 0 bridgehead atoms. The zero-order chi connectivity index (χ0) is 21.1. The molecule has 0 amide bonds. The number of aryl methyl sites for hydroxylation is 1. The summed E-state index contributed by atoms with van der Waals surface area (Å²) in [6.45, 7) is 10.0. The first-order valence-electron chi connectivity index (χ1n) is 10.4. The summed E-state index contributed by atoms with van der Waals surface area (Å²) in [5.41, 5.74) is 2.46. The van der Waals surface area contributed by atoms with E-state index in [2.05, 4.69) is 32.9 Å². The van der Waals surface area contributed by atoms with E-state index in [1.165, 1.54) is 6.07 Å². The van der Waals surface area contributed by atoms with Crippen LogP contribution in [0.1, 0.15) is 31.3 Å². The highest BCUT2D eigenvalue weighted by Gasteiger charge is 2.27. The maximum absolute atomic E-state index is 13.5. The van der Waals surface area contributed by atoms with Crippen molar-refractivity contribution in [1.29, 1.82) is 0 Å². The van der Waals surface area contributed by atoms with E-state index >= 15 is 0 Å². The van der Waals surface area contributed by atoms with Gasteiger partial charge in [-0.1, -0.05) is 17.3 Å². The van der Waals surface area contributed by atoms with Gasteiger partial charge >= 0.3 is 0 Å². The Morgan fingerprint density at radius 2 is 1.90 bits per heavy atom.